The van der Waals surface area contributed by atoms with Crippen molar-refractivity contribution < 1.29 is 19.4 Å². The number of aryl methyl sites for hydroxylation is 3. The van der Waals surface area contributed by atoms with Gasteiger partial charge in [-0.15, -0.1) is 0 Å². The summed E-state index contributed by atoms with van der Waals surface area (Å²) >= 11 is 0. The Morgan fingerprint density at radius 2 is 2.11 bits per heavy atom. The van der Waals surface area contributed by atoms with Crippen molar-refractivity contribution in [2.45, 2.75) is 83.0 Å². The first kappa shape index (κ1) is 26.1. The molecule has 2 fully saturated rings. The van der Waals surface area contributed by atoms with E-state index < -0.39 is 12.0 Å². The van der Waals surface area contributed by atoms with Crippen molar-refractivity contribution >= 4 is 11.8 Å². The van der Waals surface area contributed by atoms with Crippen LogP contribution < -0.4 is 5.32 Å². The van der Waals surface area contributed by atoms with Crippen LogP contribution in [0.3, 0.4) is 0 Å². The molecule has 2 aromatic heterocycles. The molecular weight excluding hydrogens is 468 g/mol. The second kappa shape index (κ2) is 12.3. The lowest BCUT2D eigenvalue weighted by molar-refractivity contribution is -0.143. The fourth-order valence-corrected chi connectivity index (χ4v) is 5.81. The lowest BCUT2D eigenvalue weighted by atomic mass is 9.96. The monoisotopic (exact) mass is 508 g/mol. The van der Waals surface area contributed by atoms with Crippen molar-refractivity contribution in [3.8, 4) is 0 Å². The number of aliphatic carboxylic acids is 1. The van der Waals surface area contributed by atoms with Gasteiger partial charge in [0.05, 0.1) is 17.9 Å². The zero-order valence-electron chi connectivity index (χ0n) is 22.0. The van der Waals surface area contributed by atoms with Crippen LogP contribution >= 0.6 is 0 Å². The molecule has 3 atom stereocenters. The Morgan fingerprint density at radius 1 is 1.19 bits per heavy atom. The van der Waals surface area contributed by atoms with E-state index >= 15 is 0 Å². The van der Waals surface area contributed by atoms with Crippen LogP contribution in [0.25, 0.3) is 0 Å². The molecule has 2 N–H and O–H groups in total. The van der Waals surface area contributed by atoms with Crippen LogP contribution in [0.1, 0.15) is 85.3 Å². The molecular formula is C29H40N4O4. The number of carboxylic acids is 1. The number of nitrogens with zero attached hydrogens (tertiary/aromatic N) is 3. The summed E-state index contributed by atoms with van der Waals surface area (Å²) < 4.78 is 12.2. The number of unbranched alkanes of at least 4 members (excludes halogenated alkanes) is 1. The van der Waals surface area contributed by atoms with Gasteiger partial charge in [0.2, 0.25) is 0 Å². The molecule has 37 heavy (non-hydrogen) atoms. The van der Waals surface area contributed by atoms with Gasteiger partial charge in [-0.25, -0.2) is 4.98 Å². The summed E-state index contributed by atoms with van der Waals surface area (Å²) in [6.07, 6.45) is 9.02. The van der Waals surface area contributed by atoms with E-state index in [0.717, 1.165) is 86.4 Å². The van der Waals surface area contributed by atoms with Gasteiger partial charge in [-0.05, 0) is 82.4 Å². The third-order valence-electron chi connectivity index (χ3n) is 7.78. The third kappa shape index (κ3) is 6.48. The van der Waals surface area contributed by atoms with E-state index in [-0.39, 0.29) is 12.2 Å². The number of hydrogen-bond donors (Lipinski definition) is 2. The molecule has 0 spiro atoms. The van der Waals surface area contributed by atoms with E-state index in [1.807, 2.05) is 24.0 Å². The van der Waals surface area contributed by atoms with E-state index in [9.17, 15) is 9.90 Å². The molecule has 200 valence electrons. The predicted octanol–water partition coefficient (Wildman–Crippen LogP) is 4.62. The van der Waals surface area contributed by atoms with Gasteiger partial charge in [0, 0.05) is 49.8 Å². The fourth-order valence-electron chi connectivity index (χ4n) is 5.81. The molecule has 0 radical (unpaired) electrons. The Hall–Kier alpha value is -2.55. The van der Waals surface area contributed by atoms with E-state index in [1.165, 1.54) is 12.0 Å². The number of aromatic nitrogens is 2. The van der Waals surface area contributed by atoms with Crippen molar-refractivity contribution in [2.75, 3.05) is 38.2 Å². The van der Waals surface area contributed by atoms with Crippen LogP contribution in [0, 0.1) is 6.92 Å². The highest BCUT2D eigenvalue weighted by Crippen LogP contribution is 2.35. The van der Waals surface area contributed by atoms with Crippen molar-refractivity contribution in [3.63, 3.8) is 0 Å². The lowest BCUT2D eigenvalue weighted by Crippen LogP contribution is -2.35. The normalized spacial score (nSPS) is 22.8. The Kier molecular flexibility index (Phi) is 8.69. The topological polar surface area (TPSA) is 96.8 Å². The van der Waals surface area contributed by atoms with E-state index in [0.29, 0.717) is 26.3 Å². The number of ether oxygens (including phenoxy) is 2. The first-order valence-electron chi connectivity index (χ1n) is 14.0. The Balaban J connectivity index is 1.13. The minimum atomic E-state index is -0.838. The van der Waals surface area contributed by atoms with Crippen molar-refractivity contribution in [1.82, 2.24) is 14.9 Å². The summed E-state index contributed by atoms with van der Waals surface area (Å²) in [6, 6.07) is 7.48. The van der Waals surface area contributed by atoms with Crippen LogP contribution in [0.15, 0.2) is 24.3 Å². The maximum Gasteiger partial charge on any atom is 0.325 e. The smallest absolute Gasteiger partial charge is 0.325 e. The number of carboxylic acid groups (broad SMARTS) is 1. The minimum absolute atomic E-state index is 0.0562. The van der Waals surface area contributed by atoms with E-state index in [2.05, 4.69) is 17.4 Å². The molecule has 2 saturated heterocycles. The van der Waals surface area contributed by atoms with E-state index in [4.69, 9.17) is 19.4 Å². The second-order valence-electron chi connectivity index (χ2n) is 10.6. The highest BCUT2D eigenvalue weighted by molar-refractivity contribution is 5.76. The largest absolute Gasteiger partial charge is 0.480 e. The second-order valence-corrected chi connectivity index (χ2v) is 10.6. The van der Waals surface area contributed by atoms with Gasteiger partial charge in [0.25, 0.3) is 0 Å². The SMILES string of the molecule is Cc1ccc([C@H](C(=O)O)N2CC[C@@H](OCCCCc3ccc4c(n3)NCCC4)C2)c(C2CCCCO2)n1. The molecule has 2 aromatic rings. The van der Waals surface area contributed by atoms with Gasteiger partial charge >= 0.3 is 5.97 Å². The van der Waals surface area contributed by atoms with Gasteiger partial charge in [-0.1, -0.05) is 12.1 Å². The summed E-state index contributed by atoms with van der Waals surface area (Å²) in [6.45, 7) is 5.67. The molecule has 0 saturated carbocycles. The van der Waals surface area contributed by atoms with Gasteiger partial charge in [-0.3, -0.25) is 14.7 Å². The van der Waals surface area contributed by atoms with Crippen LogP contribution in [0.5, 0.6) is 0 Å². The average molecular weight is 509 g/mol. The zero-order chi connectivity index (χ0) is 25.6. The number of pyridine rings is 2. The fraction of sp³-hybridized carbons (Fsp3) is 0.621. The van der Waals surface area contributed by atoms with Crippen molar-refractivity contribution in [3.05, 3.63) is 52.5 Å². The number of carbonyl (C=O) groups is 1. The molecule has 0 amide bonds. The number of hydrogen-bond acceptors (Lipinski definition) is 7. The van der Waals surface area contributed by atoms with Crippen LogP contribution in [0.2, 0.25) is 0 Å². The predicted molar refractivity (Wildman–Crippen MR) is 142 cm³/mol. The first-order valence-corrected chi connectivity index (χ1v) is 14.0. The Morgan fingerprint density at radius 3 is 2.95 bits per heavy atom. The highest BCUT2D eigenvalue weighted by Gasteiger charge is 2.37. The van der Waals surface area contributed by atoms with Gasteiger partial charge < -0.3 is 19.9 Å². The maximum atomic E-state index is 12.5. The molecule has 3 aliphatic rings. The molecule has 0 bridgehead atoms. The summed E-state index contributed by atoms with van der Waals surface area (Å²) in [5.74, 6) is 0.219. The van der Waals surface area contributed by atoms with Crippen molar-refractivity contribution in [2.24, 2.45) is 0 Å². The zero-order valence-corrected chi connectivity index (χ0v) is 22.0. The Labute approximate surface area is 219 Å². The summed E-state index contributed by atoms with van der Waals surface area (Å²) in [4.78, 5) is 24.0. The van der Waals surface area contributed by atoms with Crippen LogP contribution in [0.4, 0.5) is 5.82 Å². The van der Waals surface area contributed by atoms with Crippen LogP contribution in [-0.2, 0) is 27.1 Å². The van der Waals surface area contributed by atoms with Gasteiger partial charge in [0.15, 0.2) is 0 Å². The van der Waals surface area contributed by atoms with Crippen molar-refractivity contribution in [1.29, 1.82) is 0 Å². The quantitative estimate of drug-likeness (QED) is 0.449. The van der Waals surface area contributed by atoms with E-state index in [1.54, 1.807) is 0 Å². The minimum Gasteiger partial charge on any atom is -0.480 e. The summed E-state index contributed by atoms with van der Waals surface area (Å²) in [7, 11) is 0. The molecule has 0 aromatic carbocycles. The maximum absolute atomic E-state index is 12.5. The molecule has 3 aliphatic heterocycles. The number of fused-ring (bicyclic) bond motifs is 1. The first-order chi connectivity index (χ1) is 18.1. The average Bonchev–Trinajstić information content (AvgIpc) is 3.38. The van der Waals surface area contributed by atoms with Crippen LogP contribution in [-0.4, -0.2) is 64.9 Å². The third-order valence-corrected chi connectivity index (χ3v) is 7.78. The number of nitrogens with one attached hydrogen (secondary N) is 1. The molecule has 8 heteroatoms. The lowest BCUT2D eigenvalue weighted by Gasteiger charge is -2.30. The molecule has 1 unspecified atom stereocenters. The highest BCUT2D eigenvalue weighted by atomic mass is 16.5. The molecule has 5 heterocycles. The number of rotatable bonds is 10. The Bertz CT molecular complexity index is 1070. The molecule has 5 rings (SSSR count). The summed E-state index contributed by atoms with van der Waals surface area (Å²) in [5, 5.41) is 13.6. The number of likely N-dealkylation sites (tertiary alicyclic amines) is 1. The number of anilines is 1. The van der Waals surface area contributed by atoms with Gasteiger partial charge in [-0.2, -0.15) is 0 Å². The van der Waals surface area contributed by atoms with Gasteiger partial charge in [0.1, 0.15) is 11.9 Å². The molecule has 0 aliphatic carbocycles. The summed E-state index contributed by atoms with van der Waals surface area (Å²) in [5.41, 5.74) is 4.90. The molecule has 8 nitrogen and oxygen atoms in total. The standard InChI is InChI=1S/C29H40N4O4/c1-20-10-13-24(26(31-20)25-9-3-5-18-37-25)27(29(34)35)33-16-14-23(19-33)36-17-4-2-8-22-12-11-21-7-6-15-30-28(21)32-22/h10-13,23,25,27H,2-9,14-19H2,1H3,(H,30,32)(H,34,35)/t23-,25?,27-/m1/s1.